The van der Waals surface area contributed by atoms with Crippen LogP contribution in [0.25, 0.3) is 0 Å². The van der Waals surface area contributed by atoms with Crippen molar-refractivity contribution in [1.29, 1.82) is 0 Å². The fraction of sp³-hybridized carbons (Fsp3) is 0.810. The van der Waals surface area contributed by atoms with Gasteiger partial charge in [-0.15, -0.1) is 0 Å². The summed E-state index contributed by atoms with van der Waals surface area (Å²) in [6.45, 7) is 33.5. The zero-order chi connectivity index (χ0) is 37.9. The van der Waals surface area contributed by atoms with E-state index in [2.05, 4.69) is 140 Å². The van der Waals surface area contributed by atoms with E-state index in [4.69, 9.17) is 4.74 Å². The number of aromatic hydroxyl groups is 1. The van der Waals surface area contributed by atoms with Gasteiger partial charge < -0.3 is 14.9 Å². The van der Waals surface area contributed by atoms with Crippen molar-refractivity contribution in [2.24, 2.45) is 17.8 Å². The van der Waals surface area contributed by atoms with Gasteiger partial charge in [0.1, 0.15) is 17.8 Å². The van der Waals surface area contributed by atoms with E-state index in [-0.39, 0.29) is 50.7 Å². The van der Waals surface area contributed by atoms with Crippen molar-refractivity contribution in [3.63, 3.8) is 0 Å². The molecule has 0 saturated carbocycles. The molecule has 0 spiro atoms. The smallest absolute Gasteiger partial charge is 0.317 e. The Labute approximate surface area is 299 Å². The molecular weight excluding hydrogens is 612 g/mol. The van der Waals surface area contributed by atoms with Gasteiger partial charge in [0.15, 0.2) is 0 Å². The molecule has 2 aliphatic rings. The van der Waals surface area contributed by atoms with Gasteiger partial charge in [-0.25, -0.2) is 0 Å². The first-order valence-corrected chi connectivity index (χ1v) is 18.7. The molecule has 49 heavy (non-hydrogen) atoms. The minimum Gasteiger partial charge on any atom is -0.507 e. The SMILES string of the molecule is CCC(Cc1cc(C(C)(C)C)c(O)c(C(C)(C)C)c1)(OC(=O)CC(=O)O)C(C1CC(C)(C)N(C)C(C)(C)C1)C1CC(C)(C)N(C)C(C)(C)C1. The third-order valence-electron chi connectivity index (χ3n) is 12.8. The minimum absolute atomic E-state index is 0.0280. The molecule has 1 unspecified atom stereocenters. The first kappa shape index (κ1) is 41.3. The number of carboxylic acid groups (broad SMARTS) is 1. The highest BCUT2D eigenvalue weighted by Crippen LogP contribution is 2.55. The highest BCUT2D eigenvalue weighted by Gasteiger charge is 2.57. The molecule has 2 aliphatic heterocycles. The number of carbonyl (C=O) groups is 2. The van der Waals surface area contributed by atoms with Crippen LogP contribution in [-0.2, 0) is 31.6 Å². The van der Waals surface area contributed by atoms with Crippen LogP contribution in [0, 0.1) is 17.8 Å². The highest BCUT2D eigenvalue weighted by molar-refractivity contribution is 5.90. The summed E-state index contributed by atoms with van der Waals surface area (Å²) in [6, 6.07) is 4.23. The molecule has 7 heteroatoms. The Morgan fingerprint density at radius 1 is 0.776 bits per heavy atom. The second-order valence-corrected chi connectivity index (χ2v) is 20.4. The van der Waals surface area contributed by atoms with Crippen molar-refractivity contribution in [2.75, 3.05) is 14.1 Å². The van der Waals surface area contributed by atoms with Gasteiger partial charge in [-0.2, -0.15) is 0 Å². The molecule has 2 fully saturated rings. The second kappa shape index (κ2) is 13.5. The van der Waals surface area contributed by atoms with Crippen molar-refractivity contribution in [1.82, 2.24) is 9.80 Å². The third-order valence-corrected chi connectivity index (χ3v) is 12.8. The molecule has 7 nitrogen and oxygen atoms in total. The largest absolute Gasteiger partial charge is 0.507 e. The van der Waals surface area contributed by atoms with Crippen molar-refractivity contribution in [3.8, 4) is 5.75 Å². The predicted octanol–water partition coefficient (Wildman–Crippen LogP) is 9.11. The Morgan fingerprint density at radius 2 is 1.12 bits per heavy atom. The number of rotatable bonds is 9. The average Bonchev–Trinajstić information content (AvgIpc) is 2.88. The van der Waals surface area contributed by atoms with Crippen molar-refractivity contribution < 1.29 is 24.5 Å². The number of aliphatic carboxylic acids is 1. The number of carbonyl (C=O) groups excluding carboxylic acids is 1. The summed E-state index contributed by atoms with van der Waals surface area (Å²) in [5, 5.41) is 21.4. The maximum absolute atomic E-state index is 13.7. The molecule has 0 aliphatic carbocycles. The Kier molecular flexibility index (Phi) is 11.3. The van der Waals surface area contributed by atoms with E-state index in [9.17, 15) is 19.8 Å². The number of ether oxygens (including phenoxy) is 1. The predicted molar refractivity (Wildman–Crippen MR) is 201 cm³/mol. The number of esters is 1. The standard InChI is InChI=1S/C42H72N2O5/c1-18-42(49-33(47)21-32(45)46,22-27-19-30(36(2,3)4)35(48)31(20-27)37(5,6)7)34(28-23-38(8,9)43(16)39(10,11)24-28)29-25-40(12,13)44(17)41(14,15)26-29/h19-20,28-29,34,48H,18,21-26H2,1-17H3,(H,45,46). The van der Waals surface area contributed by atoms with Crippen LogP contribution in [0.1, 0.15) is 159 Å². The van der Waals surface area contributed by atoms with Crippen LogP contribution in [0.15, 0.2) is 12.1 Å². The van der Waals surface area contributed by atoms with Gasteiger partial charge in [-0.3, -0.25) is 19.4 Å². The van der Waals surface area contributed by atoms with E-state index in [1.165, 1.54) is 0 Å². The van der Waals surface area contributed by atoms with Gasteiger partial charge in [-0.05, 0) is 141 Å². The van der Waals surface area contributed by atoms with Crippen LogP contribution < -0.4 is 0 Å². The summed E-state index contributed by atoms with van der Waals surface area (Å²) in [6.07, 6.45) is 4.11. The zero-order valence-electron chi connectivity index (χ0n) is 34.4. The molecule has 1 aromatic carbocycles. The van der Waals surface area contributed by atoms with Crippen molar-refractivity contribution in [2.45, 2.75) is 187 Å². The van der Waals surface area contributed by atoms with Crippen molar-refractivity contribution in [3.05, 3.63) is 28.8 Å². The molecule has 2 heterocycles. The molecule has 0 bridgehead atoms. The molecule has 1 aromatic rings. The number of phenolic OH excluding ortho intramolecular Hbond substituents is 1. The zero-order valence-corrected chi connectivity index (χ0v) is 34.4. The van der Waals surface area contributed by atoms with Gasteiger partial charge in [0.05, 0.1) is 0 Å². The summed E-state index contributed by atoms with van der Waals surface area (Å²) in [4.78, 5) is 30.7. The second-order valence-electron chi connectivity index (χ2n) is 20.4. The van der Waals surface area contributed by atoms with E-state index in [1.807, 2.05) is 0 Å². The summed E-state index contributed by atoms with van der Waals surface area (Å²) in [5.41, 5.74) is 0.774. The Hall–Kier alpha value is -2.12. The molecule has 0 aromatic heterocycles. The average molecular weight is 685 g/mol. The lowest BCUT2D eigenvalue weighted by Gasteiger charge is -2.61. The lowest BCUT2D eigenvalue weighted by Crippen LogP contribution is -2.65. The maximum Gasteiger partial charge on any atom is 0.317 e. The van der Waals surface area contributed by atoms with Gasteiger partial charge >= 0.3 is 11.9 Å². The Balaban J connectivity index is 2.42. The number of piperidine rings is 2. The summed E-state index contributed by atoms with van der Waals surface area (Å²) in [7, 11) is 4.46. The lowest BCUT2D eigenvalue weighted by atomic mass is 9.56. The van der Waals surface area contributed by atoms with Gasteiger partial charge in [0.25, 0.3) is 0 Å². The molecular formula is C42H72N2O5. The molecule has 3 rings (SSSR count). The van der Waals surface area contributed by atoms with Crippen LogP contribution in [0.5, 0.6) is 5.75 Å². The molecule has 280 valence electrons. The highest BCUT2D eigenvalue weighted by atomic mass is 16.6. The molecule has 2 N–H and O–H groups in total. The maximum atomic E-state index is 13.7. The summed E-state index contributed by atoms with van der Waals surface area (Å²) >= 11 is 0. The Bertz CT molecular complexity index is 1270. The molecule has 0 amide bonds. The summed E-state index contributed by atoms with van der Waals surface area (Å²) < 4.78 is 6.77. The van der Waals surface area contributed by atoms with Gasteiger partial charge in [0.2, 0.25) is 0 Å². The van der Waals surface area contributed by atoms with E-state index in [0.29, 0.717) is 18.6 Å². The molecule has 0 radical (unpaired) electrons. The third kappa shape index (κ3) is 8.68. The normalized spacial score (nSPS) is 23.3. The van der Waals surface area contributed by atoms with Crippen LogP contribution in [0.2, 0.25) is 0 Å². The number of hydrogen-bond acceptors (Lipinski definition) is 6. The van der Waals surface area contributed by atoms with E-state index >= 15 is 0 Å². The number of likely N-dealkylation sites (tertiary alicyclic amines) is 2. The first-order chi connectivity index (χ1) is 21.9. The fourth-order valence-electron chi connectivity index (χ4n) is 9.98. The fourth-order valence-corrected chi connectivity index (χ4v) is 9.98. The quantitative estimate of drug-likeness (QED) is 0.198. The molecule has 2 saturated heterocycles. The van der Waals surface area contributed by atoms with Gasteiger partial charge in [0, 0.05) is 34.5 Å². The van der Waals surface area contributed by atoms with E-state index in [1.54, 1.807) is 0 Å². The Morgan fingerprint density at radius 3 is 1.41 bits per heavy atom. The van der Waals surface area contributed by atoms with Crippen LogP contribution in [0.3, 0.4) is 0 Å². The monoisotopic (exact) mass is 685 g/mol. The molecule has 1 atom stereocenters. The first-order valence-electron chi connectivity index (χ1n) is 18.7. The number of phenols is 1. The van der Waals surface area contributed by atoms with Gasteiger partial charge in [-0.1, -0.05) is 60.6 Å². The van der Waals surface area contributed by atoms with E-state index in [0.717, 1.165) is 42.4 Å². The number of carboxylic acids is 1. The van der Waals surface area contributed by atoms with Crippen molar-refractivity contribution >= 4 is 11.9 Å². The van der Waals surface area contributed by atoms with E-state index < -0.39 is 24.0 Å². The number of nitrogens with zero attached hydrogens (tertiary/aromatic N) is 2. The topological polar surface area (TPSA) is 90.3 Å². The lowest BCUT2D eigenvalue weighted by molar-refractivity contribution is -0.188. The minimum atomic E-state index is -1.18. The van der Waals surface area contributed by atoms with Crippen LogP contribution in [0.4, 0.5) is 0 Å². The van der Waals surface area contributed by atoms with Crippen LogP contribution >= 0.6 is 0 Å². The number of benzene rings is 1. The number of hydrogen-bond donors (Lipinski definition) is 2. The van der Waals surface area contributed by atoms with Crippen LogP contribution in [-0.4, -0.2) is 73.8 Å². The summed E-state index contributed by atoms with van der Waals surface area (Å²) in [5.74, 6) is -1.12.